The molecule has 0 saturated carbocycles. The van der Waals surface area contributed by atoms with Crippen molar-refractivity contribution >= 4 is 17.2 Å². The summed E-state index contributed by atoms with van der Waals surface area (Å²) in [6.07, 6.45) is 1.71. The Balaban J connectivity index is 1.45. The van der Waals surface area contributed by atoms with Gasteiger partial charge in [-0.3, -0.25) is 4.79 Å². The van der Waals surface area contributed by atoms with Gasteiger partial charge in [-0.15, -0.1) is 11.3 Å². The van der Waals surface area contributed by atoms with Crippen LogP contribution >= 0.6 is 11.3 Å². The molecule has 3 aromatic carbocycles. The van der Waals surface area contributed by atoms with Crippen molar-refractivity contribution in [3.63, 3.8) is 0 Å². The lowest BCUT2D eigenvalue weighted by Crippen LogP contribution is -2.48. The van der Waals surface area contributed by atoms with Gasteiger partial charge in [0.25, 0.3) is 5.91 Å². The maximum Gasteiger partial charge on any atom is 0.251 e. The van der Waals surface area contributed by atoms with Gasteiger partial charge in [0.2, 0.25) is 0 Å². The Hall–Kier alpha value is -3.46. The Kier molecular flexibility index (Phi) is 9.11. The number of aromatic nitrogens is 1. The van der Waals surface area contributed by atoms with Gasteiger partial charge >= 0.3 is 0 Å². The summed E-state index contributed by atoms with van der Waals surface area (Å²) in [6.45, 7) is 2.81. The van der Waals surface area contributed by atoms with Crippen LogP contribution in [0.15, 0.2) is 78.3 Å². The molecular formula is C29H29F2N3O2S. The van der Waals surface area contributed by atoms with Crippen LogP contribution in [0.3, 0.4) is 0 Å². The normalized spacial score (nSPS) is 12.8. The van der Waals surface area contributed by atoms with Crippen molar-refractivity contribution in [2.75, 3.05) is 6.54 Å². The third-order valence-corrected chi connectivity index (χ3v) is 6.89. The fourth-order valence-corrected chi connectivity index (χ4v) is 4.76. The Morgan fingerprint density at radius 3 is 2.41 bits per heavy atom. The number of hydrogen-bond donors (Lipinski definition) is 3. The van der Waals surface area contributed by atoms with E-state index in [0.29, 0.717) is 17.7 Å². The van der Waals surface area contributed by atoms with Gasteiger partial charge in [-0.05, 0) is 53.8 Å². The van der Waals surface area contributed by atoms with E-state index in [9.17, 15) is 18.7 Å². The molecule has 1 amide bonds. The summed E-state index contributed by atoms with van der Waals surface area (Å²) in [6, 6.07) is 17.6. The monoisotopic (exact) mass is 521 g/mol. The number of thiazole rings is 1. The average Bonchev–Trinajstić information content (AvgIpc) is 3.43. The first-order valence-electron chi connectivity index (χ1n) is 12.1. The first-order chi connectivity index (χ1) is 17.9. The summed E-state index contributed by atoms with van der Waals surface area (Å²) in [7, 11) is 0. The Bertz CT molecular complexity index is 1290. The highest BCUT2D eigenvalue weighted by molar-refractivity contribution is 7.13. The molecule has 0 aliphatic carbocycles. The zero-order valence-corrected chi connectivity index (χ0v) is 21.3. The highest BCUT2D eigenvalue weighted by Crippen LogP contribution is 2.22. The number of aryl methyl sites for hydroxylation is 1. The van der Waals surface area contributed by atoms with Gasteiger partial charge in [0, 0.05) is 41.9 Å². The van der Waals surface area contributed by atoms with Crippen molar-refractivity contribution in [2.45, 2.75) is 38.5 Å². The van der Waals surface area contributed by atoms with E-state index in [-0.39, 0.29) is 18.9 Å². The maximum atomic E-state index is 13.8. The number of hydrogen-bond acceptors (Lipinski definition) is 5. The number of amides is 1. The van der Waals surface area contributed by atoms with Crippen molar-refractivity contribution in [2.24, 2.45) is 0 Å². The lowest BCUT2D eigenvalue weighted by molar-refractivity contribution is 0.0830. The highest BCUT2D eigenvalue weighted by atomic mass is 32.1. The van der Waals surface area contributed by atoms with Gasteiger partial charge in [-0.1, -0.05) is 43.3 Å². The molecule has 5 nitrogen and oxygen atoms in total. The van der Waals surface area contributed by atoms with Crippen molar-refractivity contribution in [1.82, 2.24) is 15.6 Å². The first kappa shape index (κ1) is 26.6. The molecule has 0 aliphatic heterocycles. The van der Waals surface area contributed by atoms with Crippen LogP contribution in [0.1, 0.15) is 34.0 Å². The third-order valence-electron chi connectivity index (χ3n) is 6.07. The number of nitrogens with zero attached hydrogens (tertiary/aromatic N) is 1. The molecule has 1 aromatic heterocycles. The number of aliphatic hydroxyl groups is 1. The summed E-state index contributed by atoms with van der Waals surface area (Å²) in [5.41, 5.74) is 3.96. The van der Waals surface area contributed by atoms with E-state index in [1.165, 1.54) is 29.0 Å². The lowest BCUT2D eigenvalue weighted by Gasteiger charge is -2.25. The van der Waals surface area contributed by atoms with Crippen LogP contribution < -0.4 is 10.6 Å². The van der Waals surface area contributed by atoms with Crippen LogP contribution in [0, 0.1) is 11.6 Å². The predicted molar refractivity (Wildman–Crippen MR) is 142 cm³/mol. The molecule has 37 heavy (non-hydrogen) atoms. The van der Waals surface area contributed by atoms with E-state index in [1.807, 2.05) is 29.6 Å². The lowest BCUT2D eigenvalue weighted by atomic mass is 9.99. The topological polar surface area (TPSA) is 74.2 Å². The van der Waals surface area contributed by atoms with Crippen LogP contribution in [-0.2, 0) is 19.4 Å². The van der Waals surface area contributed by atoms with Crippen molar-refractivity contribution in [3.8, 4) is 10.6 Å². The molecule has 192 valence electrons. The largest absolute Gasteiger partial charge is 0.390 e. The van der Waals surface area contributed by atoms with E-state index < -0.39 is 23.8 Å². The van der Waals surface area contributed by atoms with E-state index in [4.69, 9.17) is 0 Å². The second-order valence-electron chi connectivity index (χ2n) is 8.85. The smallest absolute Gasteiger partial charge is 0.251 e. The van der Waals surface area contributed by atoms with Gasteiger partial charge < -0.3 is 15.7 Å². The average molecular weight is 522 g/mol. The minimum Gasteiger partial charge on any atom is -0.390 e. The molecule has 4 aromatic rings. The Morgan fingerprint density at radius 1 is 1.00 bits per heavy atom. The van der Waals surface area contributed by atoms with Crippen LogP contribution in [0.5, 0.6) is 0 Å². The minimum atomic E-state index is -1.00. The molecule has 0 radical (unpaired) electrons. The van der Waals surface area contributed by atoms with E-state index >= 15 is 0 Å². The van der Waals surface area contributed by atoms with Crippen molar-refractivity contribution < 1.29 is 18.7 Å². The molecule has 0 aliphatic rings. The fraction of sp³-hybridized carbons (Fsp3) is 0.241. The molecule has 3 N–H and O–H groups in total. The summed E-state index contributed by atoms with van der Waals surface area (Å²) >= 11 is 1.50. The molecule has 0 bridgehead atoms. The molecule has 2 unspecified atom stereocenters. The maximum absolute atomic E-state index is 13.8. The second kappa shape index (κ2) is 12.7. The highest BCUT2D eigenvalue weighted by Gasteiger charge is 2.23. The van der Waals surface area contributed by atoms with Crippen LogP contribution in [0.2, 0.25) is 0 Å². The third kappa shape index (κ3) is 7.52. The number of nitrogens with one attached hydrogen (secondary N) is 2. The molecule has 0 saturated heterocycles. The second-order valence-corrected chi connectivity index (χ2v) is 9.74. The number of carbonyl (C=O) groups excluding carboxylic acids is 1. The Morgan fingerprint density at radius 2 is 1.73 bits per heavy atom. The van der Waals surface area contributed by atoms with Gasteiger partial charge in [0.1, 0.15) is 16.6 Å². The fourth-order valence-electron chi connectivity index (χ4n) is 4.11. The molecule has 0 spiro atoms. The standard InChI is InChI=1S/C29H29F2N3O2S/c1-2-19-4-3-5-20(12-19)17-32-18-27(35)26(15-21-13-24(30)16-25(31)14-21)34-28(36)22-6-8-23(9-7-22)29-33-10-11-37-29/h3-14,16,26-27,32,35H,2,15,17-18H2,1H3,(H,34,36). The molecule has 2 atom stereocenters. The number of aliphatic hydroxyl groups excluding tert-OH is 1. The van der Waals surface area contributed by atoms with Crippen LogP contribution in [-0.4, -0.2) is 34.7 Å². The van der Waals surface area contributed by atoms with E-state index in [1.54, 1.807) is 18.3 Å². The van der Waals surface area contributed by atoms with E-state index in [2.05, 4.69) is 34.7 Å². The van der Waals surface area contributed by atoms with Gasteiger partial charge in [0.15, 0.2) is 0 Å². The molecule has 4 rings (SSSR count). The summed E-state index contributed by atoms with van der Waals surface area (Å²) < 4.78 is 27.6. The number of benzene rings is 3. The molecular weight excluding hydrogens is 492 g/mol. The van der Waals surface area contributed by atoms with Gasteiger partial charge in [0.05, 0.1) is 12.1 Å². The van der Waals surface area contributed by atoms with Crippen molar-refractivity contribution in [1.29, 1.82) is 0 Å². The minimum absolute atomic E-state index is 0.0613. The van der Waals surface area contributed by atoms with Gasteiger partial charge in [-0.25, -0.2) is 13.8 Å². The number of rotatable bonds is 11. The molecule has 8 heteroatoms. The quantitative estimate of drug-likeness (QED) is 0.256. The van der Waals surface area contributed by atoms with Gasteiger partial charge in [-0.2, -0.15) is 0 Å². The Labute approximate surface area is 219 Å². The first-order valence-corrected chi connectivity index (χ1v) is 13.0. The zero-order chi connectivity index (χ0) is 26.2. The SMILES string of the molecule is CCc1cccc(CNCC(O)C(Cc2cc(F)cc(F)c2)NC(=O)c2ccc(-c3nccs3)cc2)c1. The summed E-state index contributed by atoms with van der Waals surface area (Å²) in [5, 5.41) is 19.8. The predicted octanol–water partition coefficient (Wildman–Crippen LogP) is 5.14. The summed E-state index contributed by atoms with van der Waals surface area (Å²) in [5.74, 6) is -1.80. The van der Waals surface area contributed by atoms with E-state index in [0.717, 1.165) is 28.6 Å². The molecule has 0 fully saturated rings. The number of halogens is 2. The van der Waals surface area contributed by atoms with Crippen molar-refractivity contribution in [3.05, 3.63) is 112 Å². The summed E-state index contributed by atoms with van der Waals surface area (Å²) in [4.78, 5) is 17.3. The van der Waals surface area contributed by atoms with Crippen LogP contribution in [0.4, 0.5) is 8.78 Å². The zero-order valence-electron chi connectivity index (χ0n) is 20.5. The molecule has 1 heterocycles. The van der Waals surface area contributed by atoms with Crippen LogP contribution in [0.25, 0.3) is 10.6 Å². The number of carbonyl (C=O) groups is 1.